The Kier molecular flexibility index (Phi) is 4.54. The lowest BCUT2D eigenvalue weighted by Gasteiger charge is -2.12. The number of hydrogen-bond donors (Lipinski definition) is 1. The Bertz CT molecular complexity index is 943. The van der Waals surface area contributed by atoms with E-state index in [-0.39, 0.29) is 11.4 Å². The molecule has 26 heavy (non-hydrogen) atoms. The molecule has 1 amide bonds. The first-order valence-electron chi connectivity index (χ1n) is 7.84. The van der Waals surface area contributed by atoms with E-state index in [0.717, 1.165) is 17.2 Å². The molecule has 0 saturated carbocycles. The topological polar surface area (TPSA) is 46.9 Å². The van der Waals surface area contributed by atoms with Gasteiger partial charge in [-0.25, -0.2) is 0 Å². The molecule has 4 nitrogen and oxygen atoms in total. The maximum absolute atomic E-state index is 13.1. The maximum atomic E-state index is 13.1. The van der Waals surface area contributed by atoms with Crippen LogP contribution in [0.15, 0.2) is 54.6 Å². The molecule has 0 aliphatic rings. The third-order valence-corrected chi connectivity index (χ3v) is 3.94. The van der Waals surface area contributed by atoms with Gasteiger partial charge in [0.05, 0.1) is 16.9 Å². The lowest BCUT2D eigenvalue weighted by atomic mass is 10.1. The van der Waals surface area contributed by atoms with E-state index >= 15 is 0 Å². The first-order chi connectivity index (χ1) is 12.3. The summed E-state index contributed by atoms with van der Waals surface area (Å²) >= 11 is 0. The number of aromatic nitrogens is 2. The predicted octanol–water partition coefficient (Wildman–Crippen LogP) is 4.67. The summed E-state index contributed by atoms with van der Waals surface area (Å²) < 4.78 is 40.7. The molecule has 0 aliphatic carbocycles. The highest BCUT2D eigenvalue weighted by Crippen LogP contribution is 2.34. The third-order valence-electron chi connectivity index (χ3n) is 3.94. The fourth-order valence-corrected chi connectivity index (χ4v) is 2.60. The van der Waals surface area contributed by atoms with Gasteiger partial charge < -0.3 is 5.32 Å². The lowest BCUT2D eigenvalue weighted by molar-refractivity contribution is -0.136. The van der Waals surface area contributed by atoms with Crippen LogP contribution >= 0.6 is 0 Å². The van der Waals surface area contributed by atoms with Gasteiger partial charge in [0.1, 0.15) is 0 Å². The van der Waals surface area contributed by atoms with Crippen LogP contribution in [0, 0.1) is 6.92 Å². The molecule has 3 aromatic rings. The molecule has 0 aliphatic heterocycles. The predicted molar refractivity (Wildman–Crippen MR) is 92.8 cm³/mol. The van der Waals surface area contributed by atoms with E-state index < -0.39 is 17.6 Å². The van der Waals surface area contributed by atoms with Crippen LogP contribution in [0.5, 0.6) is 0 Å². The van der Waals surface area contributed by atoms with Crippen molar-refractivity contribution in [1.29, 1.82) is 0 Å². The van der Waals surface area contributed by atoms with Gasteiger partial charge in [0.15, 0.2) is 5.69 Å². The van der Waals surface area contributed by atoms with Gasteiger partial charge in [-0.2, -0.15) is 18.3 Å². The van der Waals surface area contributed by atoms with Crippen LogP contribution in [0.3, 0.4) is 0 Å². The minimum Gasteiger partial charge on any atom is -0.320 e. The second-order valence-electron chi connectivity index (χ2n) is 5.90. The van der Waals surface area contributed by atoms with Gasteiger partial charge >= 0.3 is 6.18 Å². The summed E-state index contributed by atoms with van der Waals surface area (Å²) in [5, 5.41) is 6.42. The normalized spacial score (nSPS) is 11.4. The number of amides is 1. The number of benzene rings is 2. The number of hydrogen-bond acceptors (Lipinski definition) is 2. The summed E-state index contributed by atoms with van der Waals surface area (Å²) in [5.41, 5.74) is 1.49. The van der Waals surface area contributed by atoms with Crippen molar-refractivity contribution in [3.05, 3.63) is 71.4 Å². The van der Waals surface area contributed by atoms with Crippen molar-refractivity contribution < 1.29 is 18.0 Å². The Morgan fingerprint density at radius 2 is 1.73 bits per heavy atom. The largest absolute Gasteiger partial charge is 0.418 e. The molecule has 1 N–H and O–H groups in total. The van der Waals surface area contributed by atoms with Crippen molar-refractivity contribution in [1.82, 2.24) is 9.78 Å². The molecule has 0 saturated heterocycles. The second kappa shape index (κ2) is 6.67. The molecule has 0 bridgehead atoms. The number of para-hydroxylation sites is 1. The summed E-state index contributed by atoms with van der Waals surface area (Å²) in [6.07, 6.45) is -4.55. The smallest absolute Gasteiger partial charge is 0.320 e. The number of aryl methyl sites for hydroxylation is 2. The summed E-state index contributed by atoms with van der Waals surface area (Å²) in [6, 6.07) is 14.0. The number of carbonyl (C=O) groups is 1. The van der Waals surface area contributed by atoms with Crippen LogP contribution in [0.2, 0.25) is 0 Å². The van der Waals surface area contributed by atoms with Crippen molar-refractivity contribution in [2.24, 2.45) is 7.05 Å². The summed E-state index contributed by atoms with van der Waals surface area (Å²) in [7, 11) is 1.68. The minimum absolute atomic E-state index is 0.0417. The second-order valence-corrected chi connectivity index (χ2v) is 5.90. The third kappa shape index (κ3) is 3.61. The number of halogens is 3. The Hall–Kier alpha value is -3.09. The van der Waals surface area contributed by atoms with Crippen LogP contribution in [0.4, 0.5) is 18.9 Å². The summed E-state index contributed by atoms with van der Waals surface area (Å²) in [5.74, 6) is -0.698. The van der Waals surface area contributed by atoms with Crippen molar-refractivity contribution in [3.63, 3.8) is 0 Å². The molecule has 0 fully saturated rings. The Labute approximate surface area is 148 Å². The van der Waals surface area contributed by atoms with Crippen LogP contribution in [0.25, 0.3) is 11.3 Å². The van der Waals surface area contributed by atoms with E-state index in [0.29, 0.717) is 5.69 Å². The standard InChI is InChI=1S/C19H16F3N3O/c1-12-7-9-13(10-8-12)17-11-16(24-25(17)2)18(26)23-15-6-4-3-5-14(15)19(20,21)22/h3-11H,1-2H3,(H,23,26). The lowest BCUT2D eigenvalue weighted by Crippen LogP contribution is -2.17. The number of nitrogens with zero attached hydrogens (tertiary/aromatic N) is 2. The van der Waals surface area contributed by atoms with Crippen molar-refractivity contribution in [3.8, 4) is 11.3 Å². The molecule has 0 radical (unpaired) electrons. The average Bonchev–Trinajstić information content (AvgIpc) is 2.97. The van der Waals surface area contributed by atoms with E-state index in [2.05, 4.69) is 10.4 Å². The fraction of sp³-hybridized carbons (Fsp3) is 0.158. The van der Waals surface area contributed by atoms with Gasteiger partial charge in [0.2, 0.25) is 0 Å². The zero-order valence-corrected chi connectivity index (χ0v) is 14.1. The molecule has 134 valence electrons. The van der Waals surface area contributed by atoms with Crippen LogP contribution in [-0.2, 0) is 13.2 Å². The van der Waals surface area contributed by atoms with Crippen molar-refractivity contribution >= 4 is 11.6 Å². The molecule has 0 spiro atoms. The van der Waals surface area contributed by atoms with Crippen molar-refractivity contribution in [2.45, 2.75) is 13.1 Å². The number of nitrogens with one attached hydrogen (secondary N) is 1. The first-order valence-corrected chi connectivity index (χ1v) is 7.84. The number of rotatable bonds is 3. The summed E-state index contributed by atoms with van der Waals surface area (Å²) in [4.78, 5) is 12.4. The Balaban J connectivity index is 1.88. The highest BCUT2D eigenvalue weighted by molar-refractivity contribution is 6.04. The quantitative estimate of drug-likeness (QED) is 0.739. The minimum atomic E-state index is -4.55. The summed E-state index contributed by atoms with van der Waals surface area (Å²) in [6.45, 7) is 1.96. The van der Waals surface area contributed by atoms with Crippen LogP contribution in [-0.4, -0.2) is 15.7 Å². The molecular weight excluding hydrogens is 343 g/mol. The van der Waals surface area contributed by atoms with E-state index in [1.54, 1.807) is 13.1 Å². The van der Waals surface area contributed by atoms with Gasteiger partial charge in [-0.3, -0.25) is 9.48 Å². The number of carbonyl (C=O) groups excluding carboxylic acids is 1. The van der Waals surface area contributed by atoms with E-state index in [4.69, 9.17) is 0 Å². The molecule has 0 unspecified atom stereocenters. The van der Waals surface area contributed by atoms with Gasteiger partial charge in [-0.15, -0.1) is 0 Å². The first kappa shape index (κ1) is 17.7. The van der Waals surface area contributed by atoms with E-state index in [1.165, 1.54) is 22.9 Å². The molecule has 7 heteroatoms. The molecule has 1 aromatic heterocycles. The molecule has 2 aromatic carbocycles. The number of alkyl halides is 3. The molecule has 1 heterocycles. The fourth-order valence-electron chi connectivity index (χ4n) is 2.60. The van der Waals surface area contributed by atoms with Gasteiger partial charge in [0, 0.05) is 7.05 Å². The van der Waals surface area contributed by atoms with Gasteiger partial charge in [-0.1, -0.05) is 42.0 Å². The molecule has 0 atom stereocenters. The highest BCUT2D eigenvalue weighted by atomic mass is 19.4. The van der Waals surface area contributed by atoms with Crippen molar-refractivity contribution in [2.75, 3.05) is 5.32 Å². The van der Waals surface area contributed by atoms with Crippen LogP contribution < -0.4 is 5.32 Å². The van der Waals surface area contributed by atoms with E-state index in [1.807, 2.05) is 31.2 Å². The van der Waals surface area contributed by atoms with Gasteiger partial charge in [-0.05, 0) is 30.7 Å². The van der Waals surface area contributed by atoms with Gasteiger partial charge in [0.25, 0.3) is 5.91 Å². The number of anilines is 1. The molecule has 3 rings (SSSR count). The zero-order chi connectivity index (χ0) is 18.9. The maximum Gasteiger partial charge on any atom is 0.418 e. The monoisotopic (exact) mass is 359 g/mol. The Morgan fingerprint density at radius 3 is 2.38 bits per heavy atom. The Morgan fingerprint density at radius 1 is 1.08 bits per heavy atom. The average molecular weight is 359 g/mol. The SMILES string of the molecule is Cc1ccc(-c2cc(C(=O)Nc3ccccc3C(F)(F)F)nn2C)cc1. The van der Waals surface area contributed by atoms with Crippen LogP contribution in [0.1, 0.15) is 21.6 Å². The molecular formula is C19H16F3N3O. The zero-order valence-electron chi connectivity index (χ0n) is 14.1. The highest BCUT2D eigenvalue weighted by Gasteiger charge is 2.33. The van der Waals surface area contributed by atoms with E-state index in [9.17, 15) is 18.0 Å².